The van der Waals surface area contributed by atoms with Crippen LogP contribution in [0.5, 0.6) is 5.75 Å². The molecule has 1 aromatic heterocycles. The third-order valence-electron chi connectivity index (χ3n) is 3.88. The first-order valence-corrected chi connectivity index (χ1v) is 7.62. The number of nitrogens with zero attached hydrogens (tertiary/aromatic N) is 1. The van der Waals surface area contributed by atoms with E-state index in [2.05, 4.69) is 21.2 Å². The topological polar surface area (TPSA) is 80.6 Å². The minimum Gasteiger partial charge on any atom is -0.489 e. The Bertz CT molecular complexity index is 591. The third-order valence-corrected chi connectivity index (χ3v) is 4.48. The molecule has 2 rings (SSSR count). The highest BCUT2D eigenvalue weighted by molar-refractivity contribution is 9.10. The number of hydrogen-bond donors (Lipinski definition) is 2. The normalized spacial score (nSPS) is 25.4. The average molecular weight is 359 g/mol. The van der Waals surface area contributed by atoms with Crippen LogP contribution in [0.25, 0.3) is 0 Å². The van der Waals surface area contributed by atoms with Crippen LogP contribution in [0.3, 0.4) is 0 Å². The Morgan fingerprint density at radius 3 is 2.71 bits per heavy atom. The Kier molecular flexibility index (Phi) is 4.61. The van der Waals surface area contributed by atoms with Crippen LogP contribution in [0.4, 0.5) is 4.79 Å². The van der Waals surface area contributed by atoms with Crippen LogP contribution in [0.15, 0.2) is 21.5 Å². The van der Waals surface area contributed by atoms with Crippen molar-refractivity contribution in [3.05, 3.63) is 27.1 Å². The van der Waals surface area contributed by atoms with Crippen molar-refractivity contribution >= 4 is 22.0 Å². The van der Waals surface area contributed by atoms with E-state index in [1.807, 2.05) is 6.92 Å². The number of halogens is 1. The number of nitrogens with one attached hydrogen (secondary N) is 1. The fourth-order valence-electron chi connectivity index (χ4n) is 2.58. The summed E-state index contributed by atoms with van der Waals surface area (Å²) in [4.78, 5) is 22.4. The van der Waals surface area contributed by atoms with Gasteiger partial charge in [-0.05, 0) is 48.5 Å². The summed E-state index contributed by atoms with van der Waals surface area (Å²) in [7, 11) is 1.68. The van der Waals surface area contributed by atoms with Crippen LogP contribution >= 0.6 is 15.9 Å². The van der Waals surface area contributed by atoms with Crippen molar-refractivity contribution in [2.24, 2.45) is 7.05 Å². The molecule has 1 aliphatic rings. The number of aromatic nitrogens is 1. The van der Waals surface area contributed by atoms with Crippen molar-refractivity contribution in [1.82, 2.24) is 9.88 Å². The van der Waals surface area contributed by atoms with Gasteiger partial charge in [-0.25, -0.2) is 4.79 Å². The van der Waals surface area contributed by atoms with Crippen molar-refractivity contribution in [1.29, 1.82) is 0 Å². The Morgan fingerprint density at radius 1 is 1.52 bits per heavy atom. The van der Waals surface area contributed by atoms with Crippen LogP contribution in [-0.2, 0) is 7.05 Å². The molecule has 0 radical (unpaired) electrons. The maximum Gasteiger partial charge on any atom is 0.405 e. The number of ether oxygens (including phenoxy) is 1. The van der Waals surface area contributed by atoms with Gasteiger partial charge in [-0.3, -0.25) is 4.79 Å². The molecule has 1 aromatic rings. The van der Waals surface area contributed by atoms with Gasteiger partial charge in [0, 0.05) is 24.8 Å². The monoisotopic (exact) mass is 358 g/mol. The molecule has 116 valence electrons. The van der Waals surface area contributed by atoms with Crippen LogP contribution < -0.4 is 15.6 Å². The number of hydrogen-bond acceptors (Lipinski definition) is 3. The average Bonchev–Trinajstić information content (AvgIpc) is 2.37. The van der Waals surface area contributed by atoms with Gasteiger partial charge in [-0.1, -0.05) is 0 Å². The molecule has 1 amide bonds. The summed E-state index contributed by atoms with van der Waals surface area (Å²) >= 11 is 3.39. The van der Waals surface area contributed by atoms with E-state index < -0.39 is 11.6 Å². The zero-order valence-corrected chi connectivity index (χ0v) is 13.6. The van der Waals surface area contributed by atoms with Gasteiger partial charge in [0.25, 0.3) is 5.56 Å². The standard InChI is InChI=1S/C14H19BrN2O4/c1-14(16-13(19)20)5-3-9(4-6-14)21-11-7-12(18)17(2)8-10(11)15/h7-9,16H,3-6H2,1-2H3,(H,19,20)/t9-,14-. The first-order valence-electron chi connectivity index (χ1n) is 6.83. The second kappa shape index (κ2) is 6.09. The Balaban J connectivity index is 1.99. The van der Waals surface area contributed by atoms with Crippen molar-refractivity contribution in [3.8, 4) is 5.75 Å². The summed E-state index contributed by atoms with van der Waals surface area (Å²) in [6.45, 7) is 1.91. The summed E-state index contributed by atoms with van der Waals surface area (Å²) in [5, 5.41) is 11.4. The highest BCUT2D eigenvalue weighted by Gasteiger charge is 2.33. The van der Waals surface area contributed by atoms with Crippen molar-refractivity contribution in [2.75, 3.05) is 0 Å². The molecule has 1 fully saturated rings. The molecule has 0 bridgehead atoms. The number of carbonyl (C=O) groups is 1. The molecule has 1 heterocycles. The lowest BCUT2D eigenvalue weighted by Crippen LogP contribution is -2.49. The van der Waals surface area contributed by atoms with Crippen LogP contribution in [0.1, 0.15) is 32.6 Å². The largest absolute Gasteiger partial charge is 0.489 e. The number of amides is 1. The molecular formula is C14H19BrN2O4. The van der Waals surface area contributed by atoms with Gasteiger partial charge in [0.05, 0.1) is 10.6 Å². The lowest BCUT2D eigenvalue weighted by Gasteiger charge is -2.37. The Morgan fingerprint density at radius 2 is 2.14 bits per heavy atom. The summed E-state index contributed by atoms with van der Waals surface area (Å²) in [5.74, 6) is 0.540. The molecule has 2 N–H and O–H groups in total. The van der Waals surface area contributed by atoms with Crippen LogP contribution in [0.2, 0.25) is 0 Å². The SMILES string of the molecule is Cn1cc(Br)c(O[C@H]2CC[C@](C)(NC(=O)O)CC2)cc1=O. The van der Waals surface area contributed by atoms with E-state index in [-0.39, 0.29) is 11.7 Å². The van der Waals surface area contributed by atoms with E-state index in [0.717, 1.165) is 17.3 Å². The highest BCUT2D eigenvalue weighted by Crippen LogP contribution is 2.32. The second-order valence-corrected chi connectivity index (χ2v) is 6.60. The fraction of sp³-hybridized carbons (Fsp3) is 0.571. The minimum absolute atomic E-state index is 0.00271. The molecule has 7 heteroatoms. The van der Waals surface area contributed by atoms with Crippen molar-refractivity contribution in [3.63, 3.8) is 0 Å². The molecule has 0 aliphatic heterocycles. The molecule has 1 aliphatic carbocycles. The molecule has 0 unspecified atom stereocenters. The van der Waals surface area contributed by atoms with E-state index in [9.17, 15) is 9.59 Å². The van der Waals surface area contributed by atoms with Crippen LogP contribution in [0, 0.1) is 0 Å². The summed E-state index contributed by atoms with van der Waals surface area (Å²) in [5.41, 5.74) is -0.517. The van der Waals surface area contributed by atoms with E-state index in [4.69, 9.17) is 9.84 Å². The first-order chi connectivity index (χ1) is 9.79. The third kappa shape index (κ3) is 4.00. The summed E-state index contributed by atoms with van der Waals surface area (Å²) in [6.07, 6.45) is 3.61. The predicted molar refractivity (Wildman–Crippen MR) is 81.8 cm³/mol. The van der Waals surface area contributed by atoms with Gasteiger partial charge < -0.3 is 19.7 Å². The first kappa shape index (κ1) is 15.9. The quantitative estimate of drug-likeness (QED) is 0.869. The van der Waals surface area contributed by atoms with Gasteiger partial charge in [0.15, 0.2) is 0 Å². The smallest absolute Gasteiger partial charge is 0.405 e. The van der Waals surface area contributed by atoms with Gasteiger partial charge >= 0.3 is 6.09 Å². The van der Waals surface area contributed by atoms with E-state index in [1.165, 1.54) is 10.6 Å². The zero-order valence-electron chi connectivity index (χ0n) is 12.1. The number of rotatable bonds is 3. The maximum atomic E-state index is 11.6. The molecular weight excluding hydrogens is 340 g/mol. The second-order valence-electron chi connectivity index (χ2n) is 5.74. The fourth-order valence-corrected chi connectivity index (χ4v) is 3.09. The lowest BCUT2D eigenvalue weighted by atomic mass is 9.82. The van der Waals surface area contributed by atoms with Crippen molar-refractivity contribution < 1.29 is 14.6 Å². The molecule has 1 saturated carbocycles. The van der Waals surface area contributed by atoms with Crippen LogP contribution in [-0.4, -0.2) is 27.4 Å². The van der Waals surface area contributed by atoms with Gasteiger partial charge in [0.2, 0.25) is 0 Å². The van der Waals surface area contributed by atoms with E-state index >= 15 is 0 Å². The van der Waals surface area contributed by atoms with Gasteiger partial charge in [-0.15, -0.1) is 0 Å². The molecule has 21 heavy (non-hydrogen) atoms. The zero-order chi connectivity index (χ0) is 15.6. The minimum atomic E-state index is -0.994. The lowest BCUT2D eigenvalue weighted by molar-refractivity contribution is 0.104. The molecule has 0 saturated heterocycles. The summed E-state index contributed by atoms with van der Waals surface area (Å²) in [6, 6.07) is 1.47. The molecule has 6 nitrogen and oxygen atoms in total. The van der Waals surface area contributed by atoms with E-state index in [1.54, 1.807) is 13.2 Å². The highest BCUT2D eigenvalue weighted by atomic mass is 79.9. The molecule has 0 spiro atoms. The van der Waals surface area contributed by atoms with E-state index in [0.29, 0.717) is 18.6 Å². The number of pyridine rings is 1. The summed E-state index contributed by atoms with van der Waals surface area (Å²) < 4.78 is 8.10. The van der Waals surface area contributed by atoms with Crippen molar-refractivity contribution in [2.45, 2.75) is 44.2 Å². The Labute approximate surface area is 131 Å². The predicted octanol–water partition coefficient (Wildman–Crippen LogP) is 2.50. The van der Waals surface area contributed by atoms with Gasteiger partial charge in [0.1, 0.15) is 5.75 Å². The van der Waals surface area contributed by atoms with Gasteiger partial charge in [-0.2, -0.15) is 0 Å². The Hall–Kier alpha value is -1.50. The number of carboxylic acid groups (broad SMARTS) is 1. The molecule has 0 atom stereocenters. The molecule has 0 aromatic carbocycles. The number of aryl methyl sites for hydroxylation is 1. The maximum absolute atomic E-state index is 11.6.